The Balaban J connectivity index is 1.40. The van der Waals surface area contributed by atoms with Gasteiger partial charge in [-0.15, -0.1) is 0 Å². The highest BCUT2D eigenvalue weighted by Gasteiger charge is 2.46. The van der Waals surface area contributed by atoms with Crippen molar-refractivity contribution < 1.29 is 29.4 Å². The van der Waals surface area contributed by atoms with E-state index in [-0.39, 0.29) is 24.9 Å². The molecule has 3 aliphatic rings. The average Bonchev–Trinajstić information content (AvgIpc) is 2.99. The predicted octanol–water partition coefficient (Wildman–Crippen LogP) is -2.01. The van der Waals surface area contributed by atoms with Gasteiger partial charge in [-0.3, -0.25) is 29.2 Å². The number of aliphatic hydroxyl groups is 2. The van der Waals surface area contributed by atoms with E-state index in [2.05, 4.69) is 10.6 Å². The van der Waals surface area contributed by atoms with E-state index >= 15 is 0 Å². The van der Waals surface area contributed by atoms with Crippen molar-refractivity contribution in [2.45, 2.75) is 51.0 Å². The standard InChI is InChI=1S/C20H34N6O6/c1-19(2)15(29)25(17(31)21-19)11-13(27)9-23-5-7-24(8-6-23)10-14(28)12-26-16(30)20(3,4)22-18(26)32/h13-14,27-28H,5-12H2,1-4H3,(H,21,31)(H,22,32)/t13-,14-/m1/s1. The third-order valence-electron chi connectivity index (χ3n) is 6.08. The molecule has 0 aromatic rings. The summed E-state index contributed by atoms with van der Waals surface area (Å²) in [6, 6.07) is -0.988. The molecule has 32 heavy (non-hydrogen) atoms. The van der Waals surface area contributed by atoms with E-state index in [4.69, 9.17) is 0 Å². The van der Waals surface area contributed by atoms with Crippen molar-refractivity contribution in [3.63, 3.8) is 0 Å². The van der Waals surface area contributed by atoms with Crippen LogP contribution in [0.15, 0.2) is 0 Å². The molecule has 6 amide bonds. The molecule has 3 heterocycles. The molecule has 0 spiro atoms. The minimum absolute atomic E-state index is 0.0602. The largest absolute Gasteiger partial charge is 0.390 e. The molecule has 0 aromatic carbocycles. The maximum Gasteiger partial charge on any atom is 0.325 e. The van der Waals surface area contributed by atoms with Gasteiger partial charge in [-0.25, -0.2) is 9.59 Å². The van der Waals surface area contributed by atoms with Crippen LogP contribution in [0.2, 0.25) is 0 Å². The summed E-state index contributed by atoms with van der Waals surface area (Å²) in [6.45, 7) is 9.61. The maximum atomic E-state index is 12.2. The highest BCUT2D eigenvalue weighted by molar-refractivity contribution is 6.07. The SMILES string of the molecule is CC1(C)NC(=O)N(C[C@H](O)CN2CCN(C[C@@H](O)CN3C(=O)NC(C)(C)C3=O)CC2)C1=O. The van der Waals surface area contributed by atoms with Gasteiger partial charge in [0.2, 0.25) is 0 Å². The molecule has 0 saturated carbocycles. The fourth-order valence-electron chi connectivity index (χ4n) is 4.25. The zero-order chi connectivity index (χ0) is 23.8. The van der Waals surface area contributed by atoms with Crippen molar-refractivity contribution in [1.82, 2.24) is 30.2 Å². The first-order valence-corrected chi connectivity index (χ1v) is 10.9. The lowest BCUT2D eigenvalue weighted by atomic mass is 10.1. The Kier molecular flexibility index (Phi) is 6.80. The van der Waals surface area contributed by atoms with Crippen LogP contribution in [0.3, 0.4) is 0 Å². The van der Waals surface area contributed by atoms with E-state index < -0.39 is 35.3 Å². The van der Waals surface area contributed by atoms with Gasteiger partial charge < -0.3 is 20.8 Å². The maximum absolute atomic E-state index is 12.2. The molecular weight excluding hydrogens is 420 g/mol. The quantitative estimate of drug-likeness (QED) is 0.308. The highest BCUT2D eigenvalue weighted by Crippen LogP contribution is 2.18. The molecule has 4 N–H and O–H groups in total. The lowest BCUT2D eigenvalue weighted by Gasteiger charge is -2.37. The molecular formula is C20H34N6O6. The summed E-state index contributed by atoms with van der Waals surface area (Å²) >= 11 is 0. The second-order valence-corrected chi connectivity index (χ2v) is 9.85. The summed E-state index contributed by atoms with van der Waals surface area (Å²) in [5.41, 5.74) is -1.92. The van der Waals surface area contributed by atoms with Crippen LogP contribution in [0.25, 0.3) is 0 Å². The molecule has 12 nitrogen and oxygen atoms in total. The minimum atomic E-state index is -0.959. The Morgan fingerprint density at radius 1 is 0.688 bits per heavy atom. The van der Waals surface area contributed by atoms with Gasteiger partial charge in [0.15, 0.2) is 0 Å². The van der Waals surface area contributed by atoms with Gasteiger partial charge in [0.05, 0.1) is 25.3 Å². The second-order valence-electron chi connectivity index (χ2n) is 9.85. The molecule has 3 rings (SSSR count). The molecule has 3 aliphatic heterocycles. The number of carbonyl (C=O) groups is 4. The average molecular weight is 455 g/mol. The first kappa shape index (κ1) is 24.4. The summed E-state index contributed by atoms with van der Waals surface area (Å²) < 4.78 is 0. The van der Waals surface area contributed by atoms with E-state index in [1.165, 1.54) is 0 Å². The molecule has 180 valence electrons. The Morgan fingerprint density at radius 3 is 1.25 bits per heavy atom. The van der Waals surface area contributed by atoms with Crippen LogP contribution in [0.5, 0.6) is 0 Å². The molecule has 12 heteroatoms. The number of imide groups is 2. The summed E-state index contributed by atoms with van der Waals surface area (Å²) in [7, 11) is 0. The van der Waals surface area contributed by atoms with Crippen LogP contribution in [0.4, 0.5) is 9.59 Å². The van der Waals surface area contributed by atoms with Crippen LogP contribution in [-0.2, 0) is 9.59 Å². The fourth-order valence-corrected chi connectivity index (χ4v) is 4.25. The highest BCUT2D eigenvalue weighted by atomic mass is 16.3. The van der Waals surface area contributed by atoms with Crippen LogP contribution in [0.1, 0.15) is 27.7 Å². The molecule has 0 bridgehead atoms. The summed E-state index contributed by atoms with van der Waals surface area (Å²) in [5.74, 6) is -0.706. The van der Waals surface area contributed by atoms with Crippen molar-refractivity contribution in [1.29, 1.82) is 0 Å². The predicted molar refractivity (Wildman–Crippen MR) is 114 cm³/mol. The van der Waals surface area contributed by atoms with Gasteiger partial charge in [0.1, 0.15) is 11.1 Å². The number of urea groups is 2. The summed E-state index contributed by atoms with van der Waals surface area (Å²) in [6.07, 6.45) is -1.72. The molecule has 3 saturated heterocycles. The molecule has 0 aromatic heterocycles. The monoisotopic (exact) mass is 454 g/mol. The van der Waals surface area contributed by atoms with Crippen LogP contribution >= 0.6 is 0 Å². The van der Waals surface area contributed by atoms with Gasteiger partial charge in [-0.05, 0) is 27.7 Å². The van der Waals surface area contributed by atoms with E-state index in [1.807, 2.05) is 9.80 Å². The number of β-amino-alcohol motifs (C(OH)–C–C–N with tert-alkyl or cyclic N) is 2. The van der Waals surface area contributed by atoms with Crippen LogP contribution in [-0.4, -0.2) is 129 Å². The van der Waals surface area contributed by atoms with E-state index in [0.29, 0.717) is 39.3 Å². The Morgan fingerprint density at radius 2 is 1.00 bits per heavy atom. The van der Waals surface area contributed by atoms with Crippen LogP contribution in [0, 0.1) is 0 Å². The van der Waals surface area contributed by atoms with E-state index in [0.717, 1.165) is 9.80 Å². The number of nitrogens with one attached hydrogen (secondary N) is 2. The zero-order valence-electron chi connectivity index (χ0n) is 19.1. The van der Waals surface area contributed by atoms with E-state index in [1.54, 1.807) is 27.7 Å². The van der Waals surface area contributed by atoms with Crippen molar-refractivity contribution >= 4 is 23.9 Å². The Bertz CT molecular complexity index is 715. The summed E-state index contributed by atoms with van der Waals surface area (Å²) in [4.78, 5) is 54.6. The molecule has 0 aliphatic carbocycles. The fraction of sp³-hybridized carbons (Fsp3) is 0.800. The number of hydrogen-bond donors (Lipinski definition) is 4. The first-order chi connectivity index (χ1) is 14.8. The third kappa shape index (κ3) is 5.20. The van der Waals surface area contributed by atoms with Crippen molar-refractivity contribution in [3.8, 4) is 0 Å². The van der Waals surface area contributed by atoms with Gasteiger partial charge in [0, 0.05) is 39.3 Å². The van der Waals surface area contributed by atoms with Crippen molar-refractivity contribution in [2.75, 3.05) is 52.4 Å². The lowest BCUT2D eigenvalue weighted by Crippen LogP contribution is -2.53. The second kappa shape index (κ2) is 8.93. The smallest absolute Gasteiger partial charge is 0.325 e. The number of carbonyl (C=O) groups excluding carboxylic acids is 4. The summed E-state index contributed by atoms with van der Waals surface area (Å²) in [5, 5.41) is 26.0. The first-order valence-electron chi connectivity index (χ1n) is 10.9. The number of rotatable bonds is 8. The number of piperazine rings is 1. The normalized spacial score (nSPS) is 25.8. The van der Waals surface area contributed by atoms with Crippen molar-refractivity contribution in [3.05, 3.63) is 0 Å². The number of nitrogens with zero attached hydrogens (tertiary/aromatic N) is 4. The number of hydrogen-bond acceptors (Lipinski definition) is 8. The zero-order valence-corrected chi connectivity index (χ0v) is 19.1. The molecule has 3 fully saturated rings. The third-order valence-corrected chi connectivity index (χ3v) is 6.08. The molecule has 2 atom stereocenters. The molecule has 0 unspecified atom stereocenters. The lowest BCUT2D eigenvalue weighted by molar-refractivity contribution is -0.132. The van der Waals surface area contributed by atoms with Gasteiger partial charge in [-0.2, -0.15) is 0 Å². The number of amides is 6. The topological polar surface area (TPSA) is 146 Å². The van der Waals surface area contributed by atoms with Gasteiger partial charge >= 0.3 is 12.1 Å². The van der Waals surface area contributed by atoms with Gasteiger partial charge in [0.25, 0.3) is 11.8 Å². The number of aliphatic hydroxyl groups excluding tert-OH is 2. The van der Waals surface area contributed by atoms with Gasteiger partial charge in [-0.1, -0.05) is 0 Å². The minimum Gasteiger partial charge on any atom is -0.390 e. The van der Waals surface area contributed by atoms with Crippen molar-refractivity contribution in [2.24, 2.45) is 0 Å². The Labute approximate surface area is 187 Å². The Hall–Kier alpha value is -2.28. The van der Waals surface area contributed by atoms with E-state index in [9.17, 15) is 29.4 Å². The molecule has 0 radical (unpaired) electrons. The van der Waals surface area contributed by atoms with Crippen LogP contribution < -0.4 is 10.6 Å².